The fourth-order valence-electron chi connectivity index (χ4n) is 6.16. The van der Waals surface area contributed by atoms with Gasteiger partial charge in [-0.05, 0) is 56.0 Å². The van der Waals surface area contributed by atoms with Crippen LogP contribution in [0.25, 0.3) is 16.6 Å². The molecule has 0 unspecified atom stereocenters. The van der Waals surface area contributed by atoms with E-state index in [1.54, 1.807) is 60.4 Å². The van der Waals surface area contributed by atoms with Crippen LogP contribution in [0.4, 0.5) is 5.69 Å². The molecule has 2 amide bonds. The van der Waals surface area contributed by atoms with Gasteiger partial charge in [-0.3, -0.25) is 24.3 Å². The highest BCUT2D eigenvalue weighted by molar-refractivity contribution is 6.07. The molecule has 3 heterocycles. The van der Waals surface area contributed by atoms with E-state index in [0.29, 0.717) is 47.2 Å². The van der Waals surface area contributed by atoms with Gasteiger partial charge in [0, 0.05) is 37.4 Å². The summed E-state index contributed by atoms with van der Waals surface area (Å²) in [5.41, 5.74) is -0.195. The Bertz CT molecular complexity index is 1610. The maximum absolute atomic E-state index is 13.9. The lowest BCUT2D eigenvalue weighted by Gasteiger charge is -2.28. The van der Waals surface area contributed by atoms with Crippen LogP contribution < -0.4 is 10.5 Å². The number of rotatable bonds is 11. The molecule has 1 saturated heterocycles. The number of aromatic nitrogens is 2. The molecule has 0 bridgehead atoms. The van der Waals surface area contributed by atoms with E-state index in [2.05, 4.69) is 5.10 Å². The zero-order valence-electron chi connectivity index (χ0n) is 24.5. The Balaban J connectivity index is 1.45. The van der Waals surface area contributed by atoms with Crippen LogP contribution in [-0.4, -0.2) is 75.5 Å². The summed E-state index contributed by atoms with van der Waals surface area (Å²) in [4.78, 5) is 54.7. The number of H-pyrrole nitrogens is 1. The minimum Gasteiger partial charge on any atom is -0.469 e. The maximum Gasteiger partial charge on any atom is 0.305 e. The molecular weight excluding hydrogens is 552 g/mol. The van der Waals surface area contributed by atoms with Crippen molar-refractivity contribution in [2.75, 3.05) is 31.7 Å². The van der Waals surface area contributed by atoms with E-state index in [1.165, 1.54) is 16.7 Å². The predicted octanol–water partition coefficient (Wildman–Crippen LogP) is 2.76. The fraction of sp³-hybridized carbons (Fsp3) is 0.438. The van der Waals surface area contributed by atoms with Gasteiger partial charge in [0.15, 0.2) is 5.60 Å². The van der Waals surface area contributed by atoms with Crippen molar-refractivity contribution >= 4 is 34.4 Å². The van der Waals surface area contributed by atoms with Gasteiger partial charge in [-0.25, -0.2) is 4.68 Å². The van der Waals surface area contributed by atoms with Gasteiger partial charge in [0.25, 0.3) is 11.5 Å². The molecule has 2 aromatic carbocycles. The summed E-state index contributed by atoms with van der Waals surface area (Å²) in [5, 5.41) is 25.3. The number of fused-ring (bicyclic) bond motifs is 2. The van der Waals surface area contributed by atoms with Gasteiger partial charge >= 0.3 is 5.97 Å². The Morgan fingerprint density at radius 1 is 1.19 bits per heavy atom. The number of aromatic amines is 1. The number of carbonyl (C=O) groups is 3. The topological polar surface area (TPSA) is 145 Å². The molecule has 0 saturated carbocycles. The van der Waals surface area contributed by atoms with Gasteiger partial charge < -0.3 is 24.7 Å². The molecule has 11 heteroatoms. The third-order valence-corrected chi connectivity index (χ3v) is 8.63. The standard InChI is InChI=1S/C32H38N4O7/c1-21(9-7-13-28(38)34-18-8-10-23(34)20-37)32(42)25-19-22(36-30(40)24-11-3-4-12-26(24)33-36)15-16-27(25)35(31(32)41)17-6-5-14-29(39)43-2/h3-4,7,9,11-12,15-16,19,21,23,33,37,42H,5-6,8,10,13-14,17-18,20H2,1-2H3/b9-7+/t21-,23+,32+/m1/s1. The number of methoxy groups -OCH3 is 1. The lowest BCUT2D eigenvalue weighted by molar-refractivity contribution is -0.140. The lowest BCUT2D eigenvalue weighted by atomic mass is 9.82. The van der Waals surface area contributed by atoms with Crippen LogP contribution in [-0.2, 0) is 24.7 Å². The zero-order valence-corrected chi connectivity index (χ0v) is 24.5. The van der Waals surface area contributed by atoms with Gasteiger partial charge in [0.05, 0.1) is 42.0 Å². The third kappa shape index (κ3) is 5.62. The molecule has 0 radical (unpaired) electrons. The number of anilines is 1. The maximum atomic E-state index is 13.9. The molecule has 0 spiro atoms. The van der Waals surface area contributed by atoms with E-state index in [0.717, 1.165) is 12.8 Å². The number of likely N-dealkylation sites (tertiary alicyclic amines) is 1. The number of esters is 1. The highest BCUT2D eigenvalue weighted by Gasteiger charge is 2.52. The number of carbonyl (C=O) groups excluding carboxylic acids is 3. The molecule has 5 rings (SSSR count). The Labute approximate surface area is 249 Å². The lowest BCUT2D eigenvalue weighted by Crippen LogP contribution is -2.44. The van der Waals surface area contributed by atoms with Gasteiger partial charge in [-0.15, -0.1) is 0 Å². The number of hydrogen-bond donors (Lipinski definition) is 3. The third-order valence-electron chi connectivity index (χ3n) is 8.63. The first-order valence-electron chi connectivity index (χ1n) is 14.7. The van der Waals surface area contributed by atoms with E-state index < -0.39 is 17.4 Å². The number of benzene rings is 2. The van der Waals surface area contributed by atoms with Crippen molar-refractivity contribution in [2.45, 2.75) is 57.1 Å². The fourth-order valence-corrected chi connectivity index (χ4v) is 6.16. The first-order chi connectivity index (χ1) is 20.7. The Morgan fingerprint density at radius 2 is 1.98 bits per heavy atom. The number of ether oxygens (including phenoxy) is 1. The van der Waals surface area contributed by atoms with Crippen molar-refractivity contribution in [3.63, 3.8) is 0 Å². The minimum atomic E-state index is -1.95. The van der Waals surface area contributed by atoms with Crippen LogP contribution in [0.5, 0.6) is 0 Å². The highest BCUT2D eigenvalue weighted by Crippen LogP contribution is 2.46. The van der Waals surface area contributed by atoms with Crippen molar-refractivity contribution in [3.8, 4) is 5.69 Å². The predicted molar refractivity (Wildman–Crippen MR) is 161 cm³/mol. The molecule has 43 heavy (non-hydrogen) atoms. The van der Waals surface area contributed by atoms with Crippen molar-refractivity contribution < 1.29 is 29.3 Å². The molecule has 2 aliphatic heterocycles. The number of amides is 2. The minimum absolute atomic E-state index is 0.0752. The molecular formula is C32H38N4O7. The average molecular weight is 591 g/mol. The summed E-state index contributed by atoms with van der Waals surface area (Å²) in [6.45, 7) is 2.53. The Kier molecular flexibility index (Phi) is 8.84. The van der Waals surface area contributed by atoms with Gasteiger partial charge in [0.1, 0.15) is 0 Å². The summed E-state index contributed by atoms with van der Waals surface area (Å²) in [6, 6.07) is 12.1. The van der Waals surface area contributed by atoms with Crippen LogP contribution in [0, 0.1) is 5.92 Å². The summed E-state index contributed by atoms with van der Waals surface area (Å²) in [6.07, 6.45) is 6.28. The SMILES string of the molecule is COC(=O)CCCCN1C(=O)[C@](O)([C@H](C)/C=C/CC(=O)N2CCC[C@H]2CO)c2cc(-n3[nH]c4ccccc4c3=O)ccc21. The van der Waals surface area contributed by atoms with Crippen LogP contribution in [0.1, 0.15) is 51.0 Å². The summed E-state index contributed by atoms with van der Waals surface area (Å²) >= 11 is 0. The summed E-state index contributed by atoms with van der Waals surface area (Å²) in [7, 11) is 1.33. The molecule has 3 N–H and O–H groups in total. The summed E-state index contributed by atoms with van der Waals surface area (Å²) < 4.78 is 6.10. The summed E-state index contributed by atoms with van der Waals surface area (Å²) in [5.74, 6) is -1.66. The van der Waals surface area contributed by atoms with E-state index in [4.69, 9.17) is 4.74 Å². The second-order valence-corrected chi connectivity index (χ2v) is 11.2. The van der Waals surface area contributed by atoms with Crippen LogP contribution in [0.3, 0.4) is 0 Å². The first-order valence-corrected chi connectivity index (χ1v) is 14.7. The first kappa shape index (κ1) is 30.2. The van der Waals surface area contributed by atoms with E-state index in [-0.39, 0.29) is 49.5 Å². The van der Waals surface area contributed by atoms with Crippen LogP contribution in [0.15, 0.2) is 59.4 Å². The van der Waals surface area contributed by atoms with Crippen LogP contribution >= 0.6 is 0 Å². The zero-order chi connectivity index (χ0) is 30.7. The normalized spacial score (nSPS) is 20.7. The monoisotopic (exact) mass is 590 g/mol. The molecule has 11 nitrogen and oxygen atoms in total. The smallest absolute Gasteiger partial charge is 0.305 e. The Morgan fingerprint density at radius 3 is 2.72 bits per heavy atom. The Hall–Kier alpha value is -4.22. The van der Waals surface area contributed by atoms with E-state index in [1.807, 2.05) is 6.07 Å². The van der Waals surface area contributed by atoms with E-state index in [9.17, 15) is 29.4 Å². The number of para-hydroxylation sites is 1. The second-order valence-electron chi connectivity index (χ2n) is 11.2. The number of aliphatic hydroxyl groups is 2. The van der Waals surface area contributed by atoms with Gasteiger partial charge in [-0.1, -0.05) is 31.2 Å². The molecule has 0 aliphatic carbocycles. The van der Waals surface area contributed by atoms with Crippen molar-refractivity contribution in [2.24, 2.45) is 5.92 Å². The molecule has 3 atom stereocenters. The molecule has 3 aromatic rings. The van der Waals surface area contributed by atoms with Crippen LogP contribution in [0.2, 0.25) is 0 Å². The number of aliphatic hydroxyl groups excluding tert-OH is 1. The molecule has 1 fully saturated rings. The number of hydrogen-bond acceptors (Lipinski definition) is 7. The molecule has 228 valence electrons. The average Bonchev–Trinajstić information content (AvgIpc) is 3.69. The number of nitrogens with one attached hydrogen (secondary N) is 1. The number of nitrogens with zero attached hydrogens (tertiary/aromatic N) is 3. The van der Waals surface area contributed by atoms with Gasteiger partial charge in [0.2, 0.25) is 5.91 Å². The molecule has 1 aromatic heterocycles. The van der Waals surface area contributed by atoms with E-state index >= 15 is 0 Å². The van der Waals surface area contributed by atoms with Gasteiger partial charge in [-0.2, -0.15) is 0 Å². The second kappa shape index (κ2) is 12.6. The van der Waals surface area contributed by atoms with Crippen molar-refractivity contribution in [1.29, 1.82) is 0 Å². The van der Waals surface area contributed by atoms with Crippen molar-refractivity contribution in [3.05, 3.63) is 70.5 Å². The highest BCUT2D eigenvalue weighted by atomic mass is 16.5. The largest absolute Gasteiger partial charge is 0.469 e. The van der Waals surface area contributed by atoms with Crippen molar-refractivity contribution in [1.82, 2.24) is 14.7 Å². The quantitative estimate of drug-likeness (QED) is 0.177. The molecule has 2 aliphatic rings. The number of unbranched alkanes of at least 4 members (excludes halogenated alkanes) is 1.